The number of rotatable bonds is 7. The highest BCUT2D eigenvalue weighted by atomic mass is 16.5. The molecule has 150 valence electrons. The Morgan fingerprint density at radius 3 is 1.41 bits per heavy atom. The second kappa shape index (κ2) is 8.69. The minimum absolute atomic E-state index is 0.111. The monoisotopic (exact) mass is 392 g/mol. The van der Waals surface area contributed by atoms with Crippen LogP contribution in [0.4, 0.5) is 0 Å². The van der Waals surface area contributed by atoms with Gasteiger partial charge in [0.05, 0.1) is 5.41 Å². The topological polar surface area (TPSA) is 87.0 Å². The van der Waals surface area contributed by atoms with Crippen LogP contribution < -0.4 is 0 Å². The van der Waals surface area contributed by atoms with Crippen molar-refractivity contribution in [2.24, 2.45) is 5.41 Å². The van der Waals surface area contributed by atoms with Crippen molar-refractivity contribution in [2.75, 3.05) is 0 Å². The van der Waals surface area contributed by atoms with Gasteiger partial charge < -0.3 is 20.1 Å². The summed E-state index contributed by atoms with van der Waals surface area (Å²) < 4.78 is 5.61. The molecule has 3 aromatic rings. The highest BCUT2D eigenvalue weighted by Gasteiger charge is 2.35. The SMILES string of the molecule is CC(Cc1ccc(O)cc1)(Cc1ccc(O)cc1)C(=O)OCc1ccc(O)cc1. The third-order valence-electron chi connectivity index (χ3n) is 4.86. The van der Waals surface area contributed by atoms with E-state index in [2.05, 4.69) is 0 Å². The van der Waals surface area contributed by atoms with Gasteiger partial charge in [-0.15, -0.1) is 0 Å². The molecule has 29 heavy (non-hydrogen) atoms. The summed E-state index contributed by atoms with van der Waals surface area (Å²) >= 11 is 0. The lowest BCUT2D eigenvalue weighted by molar-refractivity contribution is -0.156. The van der Waals surface area contributed by atoms with Crippen LogP contribution in [-0.2, 0) is 29.0 Å². The van der Waals surface area contributed by atoms with Crippen molar-refractivity contribution in [3.63, 3.8) is 0 Å². The molecule has 0 unspecified atom stereocenters. The van der Waals surface area contributed by atoms with E-state index in [0.717, 1.165) is 16.7 Å². The summed E-state index contributed by atoms with van der Waals surface area (Å²) in [5.74, 6) is 0.157. The summed E-state index contributed by atoms with van der Waals surface area (Å²) in [6, 6.07) is 20.1. The van der Waals surface area contributed by atoms with E-state index < -0.39 is 5.41 Å². The normalized spacial score (nSPS) is 11.2. The number of aromatic hydroxyl groups is 3. The Balaban J connectivity index is 1.79. The van der Waals surface area contributed by atoms with Gasteiger partial charge in [-0.05, 0) is 72.9 Å². The van der Waals surface area contributed by atoms with E-state index in [1.54, 1.807) is 72.8 Å². The van der Waals surface area contributed by atoms with Crippen molar-refractivity contribution in [2.45, 2.75) is 26.4 Å². The molecule has 0 saturated carbocycles. The summed E-state index contributed by atoms with van der Waals surface area (Å²) in [7, 11) is 0. The Morgan fingerprint density at radius 1 is 0.690 bits per heavy atom. The number of phenols is 3. The maximum absolute atomic E-state index is 13.1. The number of phenolic OH excluding ortho intramolecular Hbond substituents is 3. The zero-order valence-corrected chi connectivity index (χ0v) is 16.2. The van der Waals surface area contributed by atoms with Crippen LogP contribution in [0.15, 0.2) is 72.8 Å². The van der Waals surface area contributed by atoms with Crippen molar-refractivity contribution >= 4 is 5.97 Å². The van der Waals surface area contributed by atoms with Gasteiger partial charge in [0.15, 0.2) is 0 Å². The minimum Gasteiger partial charge on any atom is -0.508 e. The predicted molar refractivity (Wildman–Crippen MR) is 110 cm³/mol. The van der Waals surface area contributed by atoms with Crippen LogP contribution in [0.1, 0.15) is 23.6 Å². The lowest BCUT2D eigenvalue weighted by atomic mass is 9.78. The molecule has 3 aromatic carbocycles. The fraction of sp³-hybridized carbons (Fsp3) is 0.208. The Hall–Kier alpha value is -3.47. The van der Waals surface area contributed by atoms with Gasteiger partial charge in [0.1, 0.15) is 23.9 Å². The first-order chi connectivity index (χ1) is 13.8. The van der Waals surface area contributed by atoms with Crippen molar-refractivity contribution in [1.82, 2.24) is 0 Å². The summed E-state index contributed by atoms with van der Waals surface area (Å²) in [5, 5.41) is 28.4. The van der Waals surface area contributed by atoms with Crippen molar-refractivity contribution < 1.29 is 24.9 Å². The Kier molecular flexibility index (Phi) is 6.07. The fourth-order valence-corrected chi connectivity index (χ4v) is 3.25. The van der Waals surface area contributed by atoms with Crippen LogP contribution in [0.25, 0.3) is 0 Å². The summed E-state index contributed by atoms with van der Waals surface area (Å²) in [6.45, 7) is 1.96. The Labute approximate surface area is 169 Å². The predicted octanol–water partition coefficient (Wildman–Crippen LogP) is 4.34. The largest absolute Gasteiger partial charge is 0.508 e. The molecule has 0 radical (unpaired) electrons. The minimum atomic E-state index is -0.842. The average molecular weight is 392 g/mol. The second-order valence-electron chi connectivity index (χ2n) is 7.49. The van der Waals surface area contributed by atoms with Gasteiger partial charge in [-0.1, -0.05) is 36.4 Å². The maximum Gasteiger partial charge on any atom is 0.312 e. The van der Waals surface area contributed by atoms with Crippen LogP contribution in [0.3, 0.4) is 0 Å². The van der Waals surface area contributed by atoms with Gasteiger partial charge in [-0.2, -0.15) is 0 Å². The van der Waals surface area contributed by atoms with Crippen LogP contribution in [0, 0.1) is 5.41 Å². The van der Waals surface area contributed by atoms with E-state index in [0.29, 0.717) is 12.8 Å². The number of carbonyl (C=O) groups is 1. The molecular formula is C24H24O5. The van der Waals surface area contributed by atoms with Gasteiger partial charge in [-0.25, -0.2) is 0 Å². The highest BCUT2D eigenvalue weighted by Crippen LogP contribution is 2.31. The van der Waals surface area contributed by atoms with E-state index in [9.17, 15) is 20.1 Å². The van der Waals surface area contributed by atoms with Gasteiger partial charge >= 0.3 is 5.97 Å². The first kappa shape index (κ1) is 20.3. The van der Waals surface area contributed by atoms with Crippen molar-refractivity contribution in [3.05, 3.63) is 89.5 Å². The van der Waals surface area contributed by atoms with Crippen LogP contribution >= 0.6 is 0 Å². The Bertz CT molecular complexity index is 897. The number of ether oxygens (including phenoxy) is 1. The first-order valence-corrected chi connectivity index (χ1v) is 9.35. The van der Waals surface area contributed by atoms with E-state index in [-0.39, 0.29) is 29.8 Å². The number of benzene rings is 3. The summed E-state index contributed by atoms with van der Waals surface area (Å²) in [6.07, 6.45) is 0.866. The molecule has 0 aliphatic heterocycles. The van der Waals surface area contributed by atoms with E-state index >= 15 is 0 Å². The molecule has 5 nitrogen and oxygen atoms in total. The van der Waals surface area contributed by atoms with Gasteiger partial charge in [0.25, 0.3) is 0 Å². The highest BCUT2D eigenvalue weighted by molar-refractivity contribution is 5.77. The molecule has 0 atom stereocenters. The van der Waals surface area contributed by atoms with Crippen molar-refractivity contribution in [3.8, 4) is 17.2 Å². The maximum atomic E-state index is 13.1. The number of esters is 1. The van der Waals surface area contributed by atoms with Crippen molar-refractivity contribution in [1.29, 1.82) is 0 Å². The molecule has 0 fully saturated rings. The molecule has 0 bridgehead atoms. The molecule has 3 rings (SSSR count). The molecule has 0 spiro atoms. The molecule has 5 heteroatoms. The molecule has 0 aliphatic rings. The summed E-state index contributed by atoms with van der Waals surface area (Å²) in [5.41, 5.74) is 1.76. The third-order valence-corrected chi connectivity index (χ3v) is 4.86. The number of hydrogen-bond donors (Lipinski definition) is 3. The average Bonchev–Trinajstić information content (AvgIpc) is 2.71. The fourth-order valence-electron chi connectivity index (χ4n) is 3.25. The molecule has 0 aliphatic carbocycles. The zero-order chi connectivity index (χ0) is 20.9. The molecule has 0 amide bonds. The van der Waals surface area contributed by atoms with Crippen LogP contribution in [-0.4, -0.2) is 21.3 Å². The molecular weight excluding hydrogens is 368 g/mol. The van der Waals surface area contributed by atoms with E-state index in [1.165, 1.54) is 0 Å². The number of carbonyl (C=O) groups excluding carboxylic acids is 1. The third kappa shape index (κ3) is 5.51. The number of hydrogen-bond acceptors (Lipinski definition) is 5. The second-order valence-corrected chi connectivity index (χ2v) is 7.49. The van der Waals surface area contributed by atoms with Gasteiger partial charge in [-0.3, -0.25) is 4.79 Å². The first-order valence-electron chi connectivity index (χ1n) is 9.35. The lowest BCUT2D eigenvalue weighted by Crippen LogP contribution is -2.34. The van der Waals surface area contributed by atoms with E-state index in [4.69, 9.17) is 4.74 Å². The van der Waals surface area contributed by atoms with E-state index in [1.807, 2.05) is 6.92 Å². The summed E-state index contributed by atoms with van der Waals surface area (Å²) in [4.78, 5) is 13.1. The Morgan fingerprint density at radius 2 is 1.03 bits per heavy atom. The lowest BCUT2D eigenvalue weighted by Gasteiger charge is -2.28. The zero-order valence-electron chi connectivity index (χ0n) is 16.2. The standard InChI is InChI=1S/C24H24O5/c1-24(14-17-2-8-20(25)9-3-17,15-18-4-10-21(26)11-5-18)23(28)29-16-19-6-12-22(27)13-7-19/h2-13,25-27H,14-16H2,1H3. The molecule has 3 N–H and O–H groups in total. The van der Waals surface area contributed by atoms with Crippen LogP contribution in [0.2, 0.25) is 0 Å². The smallest absolute Gasteiger partial charge is 0.312 e. The van der Waals surface area contributed by atoms with Crippen LogP contribution in [0.5, 0.6) is 17.2 Å². The quantitative estimate of drug-likeness (QED) is 0.521. The molecule has 0 saturated heterocycles. The molecule has 0 heterocycles. The van der Waals surface area contributed by atoms with Gasteiger partial charge in [0, 0.05) is 0 Å². The molecule has 0 aromatic heterocycles. The van der Waals surface area contributed by atoms with Gasteiger partial charge in [0.2, 0.25) is 0 Å².